The Balaban J connectivity index is 1.97. The quantitative estimate of drug-likeness (QED) is 0.347. The Labute approximate surface area is 166 Å². The highest BCUT2D eigenvalue weighted by Crippen LogP contribution is 2.41. The third-order valence-corrected chi connectivity index (χ3v) is 6.31. The molecule has 154 valence electrons. The van der Waals surface area contributed by atoms with Crippen molar-refractivity contribution in [3.8, 4) is 0 Å². The van der Waals surface area contributed by atoms with E-state index in [1.165, 1.54) is 56.9 Å². The standard InChI is InChI=1S/C24H40O3/c1-4-7-8-9-19-10-12-21(13-11-19)23-14-22(20(5-2)17-25)15-24(16-23)27-18-26-6-3/h5,15-16,19,21,23,25H,4,6-14,17-18H2,1-3H3/b20-5+. The zero-order valence-corrected chi connectivity index (χ0v) is 17.7. The highest BCUT2D eigenvalue weighted by molar-refractivity contribution is 5.39. The van der Waals surface area contributed by atoms with Gasteiger partial charge in [-0.3, -0.25) is 0 Å². The lowest BCUT2D eigenvalue weighted by molar-refractivity contribution is -0.0150. The molecule has 1 N–H and O–H groups in total. The van der Waals surface area contributed by atoms with Crippen LogP contribution >= 0.6 is 0 Å². The van der Waals surface area contributed by atoms with Gasteiger partial charge in [0.25, 0.3) is 0 Å². The van der Waals surface area contributed by atoms with Crippen molar-refractivity contribution in [3.05, 3.63) is 35.1 Å². The molecule has 2 rings (SSSR count). The molecule has 1 saturated carbocycles. The van der Waals surface area contributed by atoms with Gasteiger partial charge in [-0.25, -0.2) is 0 Å². The first-order chi connectivity index (χ1) is 13.2. The minimum Gasteiger partial charge on any atom is -0.468 e. The molecule has 3 heteroatoms. The van der Waals surface area contributed by atoms with E-state index >= 15 is 0 Å². The Morgan fingerprint density at radius 3 is 2.59 bits per heavy atom. The lowest BCUT2D eigenvalue weighted by Crippen LogP contribution is -2.23. The van der Waals surface area contributed by atoms with Crippen molar-refractivity contribution in [3.63, 3.8) is 0 Å². The van der Waals surface area contributed by atoms with Crippen molar-refractivity contribution in [2.75, 3.05) is 20.0 Å². The molecule has 0 aliphatic heterocycles. The van der Waals surface area contributed by atoms with Gasteiger partial charge in [-0.15, -0.1) is 0 Å². The number of allylic oxidation sites excluding steroid dienone is 3. The fourth-order valence-corrected chi connectivity index (χ4v) is 4.58. The molecule has 2 aliphatic carbocycles. The van der Waals surface area contributed by atoms with E-state index in [2.05, 4.69) is 19.1 Å². The maximum atomic E-state index is 9.72. The first-order valence-corrected chi connectivity index (χ1v) is 11.1. The van der Waals surface area contributed by atoms with Gasteiger partial charge in [0, 0.05) is 6.61 Å². The highest BCUT2D eigenvalue weighted by atomic mass is 16.7. The molecular formula is C24H40O3. The van der Waals surface area contributed by atoms with Crippen LogP contribution in [0.25, 0.3) is 0 Å². The van der Waals surface area contributed by atoms with Crippen LogP contribution in [0.3, 0.4) is 0 Å². The molecule has 0 amide bonds. The topological polar surface area (TPSA) is 38.7 Å². The van der Waals surface area contributed by atoms with Crippen LogP contribution in [0, 0.1) is 17.8 Å². The number of ether oxygens (including phenoxy) is 2. The molecule has 0 heterocycles. The number of aliphatic hydroxyl groups is 1. The molecule has 0 bridgehead atoms. The van der Waals surface area contributed by atoms with E-state index in [4.69, 9.17) is 9.47 Å². The normalized spacial score (nSPS) is 26.5. The van der Waals surface area contributed by atoms with Crippen LogP contribution in [0.5, 0.6) is 0 Å². The Kier molecular flexibility index (Phi) is 10.2. The first-order valence-electron chi connectivity index (χ1n) is 11.1. The van der Waals surface area contributed by atoms with E-state index in [9.17, 15) is 5.11 Å². The van der Waals surface area contributed by atoms with Gasteiger partial charge >= 0.3 is 0 Å². The predicted molar refractivity (Wildman–Crippen MR) is 112 cm³/mol. The Hall–Kier alpha value is -1.06. The SMILES string of the molecule is C/C=C(\CO)C1=CC(OCOCC)=CC(C2CCC(CCCCC)CC2)C1. The second kappa shape index (κ2) is 12.4. The molecule has 0 radical (unpaired) electrons. The van der Waals surface area contributed by atoms with E-state index in [1.54, 1.807) is 0 Å². The van der Waals surface area contributed by atoms with Crippen molar-refractivity contribution in [1.29, 1.82) is 0 Å². The zero-order chi connectivity index (χ0) is 19.5. The minimum absolute atomic E-state index is 0.0952. The molecule has 27 heavy (non-hydrogen) atoms. The largest absolute Gasteiger partial charge is 0.468 e. The Bertz CT molecular complexity index is 510. The van der Waals surface area contributed by atoms with Crippen molar-refractivity contribution >= 4 is 0 Å². The molecule has 0 aromatic rings. The van der Waals surface area contributed by atoms with Gasteiger partial charge in [-0.1, -0.05) is 51.5 Å². The fraction of sp³-hybridized carbons (Fsp3) is 0.750. The molecule has 1 unspecified atom stereocenters. The molecule has 0 saturated heterocycles. The number of rotatable bonds is 11. The second-order valence-electron chi connectivity index (χ2n) is 8.11. The van der Waals surface area contributed by atoms with Crippen LogP contribution in [0.1, 0.15) is 78.6 Å². The van der Waals surface area contributed by atoms with Gasteiger partial charge in [-0.2, -0.15) is 0 Å². The summed E-state index contributed by atoms with van der Waals surface area (Å²) in [5.74, 6) is 3.10. The molecular weight excluding hydrogens is 336 g/mol. The van der Waals surface area contributed by atoms with Gasteiger partial charge in [0.15, 0.2) is 6.79 Å². The molecule has 0 aromatic carbocycles. The van der Waals surface area contributed by atoms with Crippen LogP contribution in [0.15, 0.2) is 35.1 Å². The Morgan fingerprint density at radius 1 is 1.19 bits per heavy atom. The summed E-state index contributed by atoms with van der Waals surface area (Å²) in [6.07, 6.45) is 18.4. The van der Waals surface area contributed by atoms with Crippen LogP contribution in [-0.4, -0.2) is 25.1 Å². The van der Waals surface area contributed by atoms with Gasteiger partial charge in [0.2, 0.25) is 0 Å². The van der Waals surface area contributed by atoms with Crippen LogP contribution in [0.4, 0.5) is 0 Å². The van der Waals surface area contributed by atoms with Gasteiger partial charge in [-0.05, 0) is 74.2 Å². The van der Waals surface area contributed by atoms with E-state index in [-0.39, 0.29) is 6.61 Å². The minimum atomic E-state index is 0.0952. The fourth-order valence-electron chi connectivity index (χ4n) is 4.58. The van der Waals surface area contributed by atoms with Gasteiger partial charge in [0.1, 0.15) is 5.76 Å². The first kappa shape index (κ1) is 22.2. The van der Waals surface area contributed by atoms with Crippen molar-refractivity contribution in [2.24, 2.45) is 17.8 Å². The van der Waals surface area contributed by atoms with Gasteiger partial charge in [0.05, 0.1) is 6.61 Å². The number of hydrogen-bond acceptors (Lipinski definition) is 3. The van der Waals surface area contributed by atoms with Crippen LogP contribution < -0.4 is 0 Å². The summed E-state index contributed by atoms with van der Waals surface area (Å²) in [4.78, 5) is 0. The third-order valence-electron chi connectivity index (χ3n) is 6.31. The highest BCUT2D eigenvalue weighted by Gasteiger charge is 2.29. The maximum absolute atomic E-state index is 9.72. The Morgan fingerprint density at radius 2 is 1.96 bits per heavy atom. The molecule has 1 fully saturated rings. The molecule has 3 nitrogen and oxygen atoms in total. The smallest absolute Gasteiger partial charge is 0.188 e. The average molecular weight is 377 g/mol. The third kappa shape index (κ3) is 7.12. The van der Waals surface area contributed by atoms with E-state index in [0.717, 1.165) is 29.6 Å². The summed E-state index contributed by atoms with van der Waals surface area (Å²) in [6, 6.07) is 0. The van der Waals surface area contributed by atoms with Crippen LogP contribution in [0.2, 0.25) is 0 Å². The molecule has 0 spiro atoms. The molecule has 1 atom stereocenters. The zero-order valence-electron chi connectivity index (χ0n) is 17.7. The lowest BCUT2D eigenvalue weighted by atomic mass is 9.71. The van der Waals surface area contributed by atoms with Gasteiger partial charge < -0.3 is 14.6 Å². The lowest BCUT2D eigenvalue weighted by Gasteiger charge is -2.35. The summed E-state index contributed by atoms with van der Waals surface area (Å²) in [5.41, 5.74) is 2.25. The van der Waals surface area contributed by atoms with Crippen LogP contribution in [-0.2, 0) is 9.47 Å². The molecule has 2 aliphatic rings. The maximum Gasteiger partial charge on any atom is 0.188 e. The summed E-state index contributed by atoms with van der Waals surface area (Å²) >= 11 is 0. The summed E-state index contributed by atoms with van der Waals surface area (Å²) in [6.45, 7) is 7.32. The number of aliphatic hydroxyl groups excluding tert-OH is 1. The second-order valence-corrected chi connectivity index (χ2v) is 8.11. The number of hydrogen-bond donors (Lipinski definition) is 1. The summed E-state index contributed by atoms with van der Waals surface area (Å²) in [5, 5.41) is 9.72. The number of unbranched alkanes of at least 4 members (excludes halogenated alkanes) is 2. The van der Waals surface area contributed by atoms with E-state index in [0.29, 0.717) is 19.3 Å². The predicted octanol–water partition coefficient (Wildman–Crippen LogP) is 6.15. The van der Waals surface area contributed by atoms with Crippen molar-refractivity contribution in [1.82, 2.24) is 0 Å². The average Bonchev–Trinajstić information content (AvgIpc) is 2.70. The van der Waals surface area contributed by atoms with E-state index in [1.807, 2.05) is 19.9 Å². The molecule has 0 aromatic heterocycles. The summed E-state index contributed by atoms with van der Waals surface area (Å²) < 4.78 is 11.2. The van der Waals surface area contributed by atoms with E-state index < -0.39 is 0 Å². The summed E-state index contributed by atoms with van der Waals surface area (Å²) in [7, 11) is 0. The van der Waals surface area contributed by atoms with Crippen molar-refractivity contribution in [2.45, 2.75) is 78.6 Å². The van der Waals surface area contributed by atoms with Crippen molar-refractivity contribution < 1.29 is 14.6 Å². The monoisotopic (exact) mass is 376 g/mol.